The fourth-order valence-corrected chi connectivity index (χ4v) is 1.87. The van der Waals surface area contributed by atoms with Crippen LogP contribution < -0.4 is 5.32 Å². The van der Waals surface area contributed by atoms with Gasteiger partial charge in [-0.25, -0.2) is 0 Å². The van der Waals surface area contributed by atoms with Crippen LogP contribution >= 0.6 is 12.4 Å². The Morgan fingerprint density at radius 2 is 2.25 bits per heavy atom. The number of aliphatic imine (C=N–C) groups is 1. The second kappa shape index (κ2) is 4.58. The van der Waals surface area contributed by atoms with E-state index >= 15 is 0 Å². The topological polar surface area (TPSA) is 37.5 Å². The predicted octanol–water partition coefficient (Wildman–Crippen LogP) is 2.40. The SMILES string of the molecule is Cl.c1cc2ccc(CC3=NCCN3)cc2o1. The van der Waals surface area contributed by atoms with Crippen molar-refractivity contribution in [3.8, 4) is 0 Å². The number of hydrogen-bond donors (Lipinski definition) is 1. The highest BCUT2D eigenvalue weighted by atomic mass is 35.5. The van der Waals surface area contributed by atoms with E-state index in [4.69, 9.17) is 4.42 Å². The quantitative estimate of drug-likeness (QED) is 0.870. The molecule has 0 radical (unpaired) electrons. The smallest absolute Gasteiger partial charge is 0.134 e. The van der Waals surface area contributed by atoms with Gasteiger partial charge in [0.15, 0.2) is 0 Å². The molecule has 0 spiro atoms. The molecule has 0 atom stereocenters. The van der Waals surface area contributed by atoms with Gasteiger partial charge in [0.1, 0.15) is 11.4 Å². The first-order valence-corrected chi connectivity index (χ1v) is 5.15. The van der Waals surface area contributed by atoms with E-state index in [0.717, 1.165) is 36.3 Å². The molecular weight excluding hydrogens is 224 g/mol. The molecule has 0 unspecified atom stereocenters. The first-order chi connectivity index (χ1) is 7.42. The van der Waals surface area contributed by atoms with Crippen molar-refractivity contribution in [3.63, 3.8) is 0 Å². The summed E-state index contributed by atoms with van der Waals surface area (Å²) in [6, 6.07) is 8.27. The van der Waals surface area contributed by atoms with Crippen molar-refractivity contribution in [3.05, 3.63) is 36.1 Å². The van der Waals surface area contributed by atoms with Gasteiger partial charge in [-0.05, 0) is 17.7 Å². The summed E-state index contributed by atoms with van der Waals surface area (Å²) in [5, 5.41) is 4.42. The van der Waals surface area contributed by atoms with E-state index in [1.165, 1.54) is 5.56 Å². The number of halogens is 1. The van der Waals surface area contributed by atoms with Crippen LogP contribution in [0.1, 0.15) is 5.56 Å². The number of rotatable bonds is 2. The lowest BCUT2D eigenvalue weighted by molar-refractivity contribution is 0.615. The maximum Gasteiger partial charge on any atom is 0.134 e. The molecule has 1 aliphatic rings. The number of fused-ring (bicyclic) bond motifs is 1. The third kappa shape index (κ3) is 2.04. The second-order valence-electron chi connectivity index (χ2n) is 3.72. The number of hydrogen-bond acceptors (Lipinski definition) is 3. The summed E-state index contributed by atoms with van der Waals surface area (Å²) in [4.78, 5) is 4.37. The van der Waals surface area contributed by atoms with E-state index in [1.807, 2.05) is 6.07 Å². The van der Waals surface area contributed by atoms with Crippen molar-refractivity contribution >= 4 is 29.2 Å². The van der Waals surface area contributed by atoms with Crippen LogP contribution in [-0.2, 0) is 6.42 Å². The van der Waals surface area contributed by atoms with Gasteiger partial charge in [0.05, 0.1) is 12.8 Å². The van der Waals surface area contributed by atoms with E-state index in [-0.39, 0.29) is 12.4 Å². The van der Waals surface area contributed by atoms with Crippen LogP contribution in [0.5, 0.6) is 0 Å². The van der Waals surface area contributed by atoms with Crippen molar-refractivity contribution in [1.82, 2.24) is 5.32 Å². The van der Waals surface area contributed by atoms with Gasteiger partial charge in [-0.1, -0.05) is 12.1 Å². The molecule has 1 aromatic carbocycles. The number of benzene rings is 1. The number of furan rings is 1. The maximum absolute atomic E-state index is 5.36. The summed E-state index contributed by atoms with van der Waals surface area (Å²) in [7, 11) is 0. The molecule has 0 fully saturated rings. The average molecular weight is 237 g/mol. The molecule has 0 aliphatic carbocycles. The third-order valence-corrected chi connectivity index (χ3v) is 2.64. The zero-order valence-electron chi connectivity index (χ0n) is 8.77. The lowest BCUT2D eigenvalue weighted by Crippen LogP contribution is -2.20. The Kier molecular flexibility index (Phi) is 3.15. The summed E-state index contributed by atoms with van der Waals surface area (Å²) in [6.07, 6.45) is 2.59. The van der Waals surface area contributed by atoms with Gasteiger partial charge in [0, 0.05) is 18.4 Å². The lowest BCUT2D eigenvalue weighted by Gasteiger charge is -2.02. The molecule has 1 N–H and O–H groups in total. The zero-order chi connectivity index (χ0) is 10.1. The minimum atomic E-state index is 0. The predicted molar refractivity (Wildman–Crippen MR) is 67.5 cm³/mol. The van der Waals surface area contributed by atoms with Crippen LogP contribution in [0, 0.1) is 0 Å². The zero-order valence-corrected chi connectivity index (χ0v) is 9.59. The highest BCUT2D eigenvalue weighted by molar-refractivity contribution is 5.87. The van der Waals surface area contributed by atoms with Gasteiger partial charge in [-0.3, -0.25) is 4.99 Å². The van der Waals surface area contributed by atoms with Gasteiger partial charge < -0.3 is 9.73 Å². The third-order valence-electron chi connectivity index (χ3n) is 2.64. The first kappa shape index (κ1) is 11.0. The molecule has 0 saturated carbocycles. The van der Waals surface area contributed by atoms with Crippen molar-refractivity contribution in [2.24, 2.45) is 4.99 Å². The van der Waals surface area contributed by atoms with Crippen LogP contribution in [0.2, 0.25) is 0 Å². The summed E-state index contributed by atoms with van der Waals surface area (Å²) < 4.78 is 5.36. The Morgan fingerprint density at radius 3 is 3.06 bits per heavy atom. The Balaban J connectivity index is 0.000000963. The van der Waals surface area contributed by atoms with Crippen molar-refractivity contribution in [1.29, 1.82) is 0 Å². The summed E-state index contributed by atoms with van der Waals surface area (Å²) in [6.45, 7) is 1.87. The molecule has 84 valence electrons. The standard InChI is InChI=1S/C12H12N2O.ClH/c1-2-10-3-6-15-11(10)7-9(1)8-12-13-4-5-14-12;/h1-3,6-7H,4-5,8H2,(H,13,14);1H. The fourth-order valence-electron chi connectivity index (χ4n) is 1.87. The van der Waals surface area contributed by atoms with E-state index in [9.17, 15) is 0 Å². The minimum Gasteiger partial charge on any atom is -0.464 e. The molecule has 4 heteroatoms. The average Bonchev–Trinajstić information content (AvgIpc) is 2.87. The molecule has 3 rings (SSSR count). The highest BCUT2D eigenvalue weighted by Gasteiger charge is 2.06. The summed E-state index contributed by atoms with van der Waals surface area (Å²) >= 11 is 0. The van der Waals surface area contributed by atoms with Gasteiger partial charge in [0.2, 0.25) is 0 Å². The number of nitrogens with one attached hydrogen (secondary N) is 1. The van der Waals surface area contributed by atoms with Gasteiger partial charge >= 0.3 is 0 Å². The van der Waals surface area contributed by atoms with E-state index in [2.05, 4.69) is 28.5 Å². The molecule has 0 bridgehead atoms. The monoisotopic (exact) mass is 236 g/mol. The van der Waals surface area contributed by atoms with Crippen LogP contribution in [0.15, 0.2) is 39.9 Å². The minimum absolute atomic E-state index is 0. The van der Waals surface area contributed by atoms with Gasteiger partial charge in [0.25, 0.3) is 0 Å². The van der Waals surface area contributed by atoms with E-state index < -0.39 is 0 Å². The Bertz CT molecular complexity index is 518. The lowest BCUT2D eigenvalue weighted by atomic mass is 10.1. The molecule has 2 aromatic rings. The Morgan fingerprint density at radius 1 is 1.31 bits per heavy atom. The van der Waals surface area contributed by atoms with Crippen LogP contribution in [0.25, 0.3) is 11.0 Å². The van der Waals surface area contributed by atoms with E-state index in [0.29, 0.717) is 0 Å². The Labute approximate surface area is 100.0 Å². The van der Waals surface area contributed by atoms with Crippen LogP contribution in [0.4, 0.5) is 0 Å². The van der Waals surface area contributed by atoms with Crippen molar-refractivity contribution < 1.29 is 4.42 Å². The van der Waals surface area contributed by atoms with E-state index in [1.54, 1.807) is 6.26 Å². The largest absolute Gasteiger partial charge is 0.464 e. The molecule has 0 amide bonds. The summed E-state index contributed by atoms with van der Waals surface area (Å²) in [5.74, 6) is 1.08. The molecule has 1 aromatic heterocycles. The number of amidine groups is 1. The maximum atomic E-state index is 5.36. The molecule has 1 aliphatic heterocycles. The van der Waals surface area contributed by atoms with Crippen LogP contribution in [0.3, 0.4) is 0 Å². The second-order valence-corrected chi connectivity index (χ2v) is 3.72. The highest BCUT2D eigenvalue weighted by Crippen LogP contribution is 2.17. The molecule has 16 heavy (non-hydrogen) atoms. The Hall–Kier alpha value is -1.48. The van der Waals surface area contributed by atoms with Gasteiger partial charge in [-0.2, -0.15) is 0 Å². The summed E-state index contributed by atoms with van der Waals surface area (Å²) in [5.41, 5.74) is 2.19. The fraction of sp³-hybridized carbons (Fsp3) is 0.250. The number of nitrogens with zero attached hydrogens (tertiary/aromatic N) is 1. The molecule has 0 saturated heterocycles. The van der Waals surface area contributed by atoms with Crippen LogP contribution in [-0.4, -0.2) is 18.9 Å². The molecule has 3 nitrogen and oxygen atoms in total. The van der Waals surface area contributed by atoms with Crippen molar-refractivity contribution in [2.75, 3.05) is 13.1 Å². The van der Waals surface area contributed by atoms with Gasteiger partial charge in [-0.15, -0.1) is 12.4 Å². The molecule has 2 heterocycles. The normalized spacial score (nSPS) is 14.4. The molecular formula is C12H13ClN2O. The van der Waals surface area contributed by atoms with Crippen molar-refractivity contribution in [2.45, 2.75) is 6.42 Å². The first-order valence-electron chi connectivity index (χ1n) is 5.15.